The fourth-order valence-corrected chi connectivity index (χ4v) is 5.39. The van der Waals surface area contributed by atoms with Crippen LogP contribution in [0.5, 0.6) is 0 Å². The zero-order chi connectivity index (χ0) is 18.8. The van der Waals surface area contributed by atoms with Crippen LogP contribution in [0.4, 0.5) is 0 Å². The van der Waals surface area contributed by atoms with E-state index >= 15 is 0 Å². The molecule has 0 atom stereocenters. The summed E-state index contributed by atoms with van der Waals surface area (Å²) in [6.07, 6.45) is 1.15. The summed E-state index contributed by atoms with van der Waals surface area (Å²) < 4.78 is 27.6. The number of hydrogen-bond acceptors (Lipinski definition) is 3. The SMILES string of the molecule is Cc1cc(C)c(S(=O)(=O)N2CCC(C(=O)NCC(C)C)CC2)c(C)c1. The molecule has 1 aromatic rings. The van der Waals surface area contributed by atoms with Gasteiger partial charge in [-0.05, 0) is 50.7 Å². The molecule has 0 radical (unpaired) electrons. The Bertz CT molecular complexity index is 710. The van der Waals surface area contributed by atoms with Crippen LogP contribution in [0.15, 0.2) is 17.0 Å². The third-order valence-corrected chi connectivity index (χ3v) is 6.92. The lowest BCUT2D eigenvalue weighted by atomic mass is 9.97. The van der Waals surface area contributed by atoms with E-state index in [0.29, 0.717) is 43.3 Å². The van der Waals surface area contributed by atoms with Crippen LogP contribution >= 0.6 is 0 Å². The summed E-state index contributed by atoms with van der Waals surface area (Å²) >= 11 is 0. The average molecular weight is 367 g/mol. The number of carbonyl (C=O) groups is 1. The number of piperidine rings is 1. The van der Waals surface area contributed by atoms with Gasteiger partial charge < -0.3 is 5.32 Å². The minimum Gasteiger partial charge on any atom is -0.356 e. The van der Waals surface area contributed by atoms with Crippen LogP contribution in [0.1, 0.15) is 43.4 Å². The average Bonchev–Trinajstić information content (AvgIpc) is 2.51. The molecule has 1 saturated heterocycles. The first kappa shape index (κ1) is 19.9. The highest BCUT2D eigenvalue weighted by atomic mass is 32.2. The van der Waals surface area contributed by atoms with Crippen molar-refractivity contribution < 1.29 is 13.2 Å². The first-order valence-corrected chi connectivity index (χ1v) is 10.4. The molecular formula is C19H30N2O3S. The minimum atomic E-state index is -3.51. The number of carbonyl (C=O) groups excluding carboxylic acids is 1. The Kier molecular flexibility index (Phi) is 6.27. The lowest BCUT2D eigenvalue weighted by molar-refractivity contribution is -0.126. The van der Waals surface area contributed by atoms with Crippen molar-refractivity contribution in [2.24, 2.45) is 11.8 Å². The normalized spacial score (nSPS) is 17.0. The second-order valence-corrected chi connectivity index (χ2v) is 9.42. The quantitative estimate of drug-likeness (QED) is 0.871. The van der Waals surface area contributed by atoms with Crippen LogP contribution in [-0.4, -0.2) is 38.3 Å². The maximum atomic E-state index is 13.1. The number of aryl methyl sites for hydroxylation is 3. The topological polar surface area (TPSA) is 66.5 Å². The van der Waals surface area contributed by atoms with E-state index in [9.17, 15) is 13.2 Å². The van der Waals surface area contributed by atoms with E-state index in [0.717, 1.165) is 16.7 Å². The maximum absolute atomic E-state index is 13.1. The zero-order valence-electron chi connectivity index (χ0n) is 15.9. The summed E-state index contributed by atoms with van der Waals surface area (Å²) in [4.78, 5) is 12.6. The van der Waals surface area contributed by atoms with Crippen molar-refractivity contribution in [3.05, 3.63) is 28.8 Å². The summed E-state index contributed by atoms with van der Waals surface area (Å²) in [6, 6.07) is 3.82. The number of rotatable bonds is 5. The highest BCUT2D eigenvalue weighted by molar-refractivity contribution is 7.89. The number of nitrogens with one attached hydrogen (secondary N) is 1. The first-order chi connectivity index (χ1) is 11.6. The van der Waals surface area contributed by atoms with Crippen molar-refractivity contribution in [1.82, 2.24) is 9.62 Å². The molecule has 0 aromatic heterocycles. The zero-order valence-corrected chi connectivity index (χ0v) is 16.7. The Balaban J connectivity index is 2.08. The molecule has 0 spiro atoms. The van der Waals surface area contributed by atoms with Gasteiger partial charge in [-0.1, -0.05) is 31.5 Å². The van der Waals surface area contributed by atoms with Gasteiger partial charge in [0.15, 0.2) is 0 Å². The number of amides is 1. The number of nitrogens with zero attached hydrogens (tertiary/aromatic N) is 1. The van der Waals surface area contributed by atoms with Gasteiger partial charge in [-0.25, -0.2) is 8.42 Å². The van der Waals surface area contributed by atoms with Crippen LogP contribution in [0.2, 0.25) is 0 Å². The van der Waals surface area contributed by atoms with Gasteiger partial charge >= 0.3 is 0 Å². The second-order valence-electron chi connectivity index (χ2n) is 7.55. The fourth-order valence-electron chi connectivity index (χ4n) is 3.51. The molecule has 6 heteroatoms. The van der Waals surface area contributed by atoms with E-state index in [1.54, 1.807) is 0 Å². The van der Waals surface area contributed by atoms with E-state index in [2.05, 4.69) is 19.2 Å². The predicted molar refractivity (Wildman–Crippen MR) is 100.0 cm³/mol. The standard InChI is InChI=1S/C19H30N2O3S/c1-13(2)12-20-19(22)17-6-8-21(9-7-17)25(23,24)18-15(4)10-14(3)11-16(18)5/h10-11,13,17H,6-9,12H2,1-5H3,(H,20,22). The highest BCUT2D eigenvalue weighted by Crippen LogP contribution is 2.28. The van der Waals surface area contributed by atoms with E-state index in [-0.39, 0.29) is 11.8 Å². The van der Waals surface area contributed by atoms with Gasteiger partial charge in [0.1, 0.15) is 0 Å². The third-order valence-electron chi connectivity index (χ3n) is 4.71. The van der Waals surface area contributed by atoms with E-state index in [1.165, 1.54) is 4.31 Å². The molecule has 1 aliphatic rings. The molecule has 2 rings (SSSR count). The van der Waals surface area contributed by atoms with Gasteiger partial charge in [-0.3, -0.25) is 4.79 Å². The van der Waals surface area contributed by atoms with Crippen LogP contribution < -0.4 is 5.32 Å². The smallest absolute Gasteiger partial charge is 0.243 e. The second kappa shape index (κ2) is 7.87. The molecule has 0 unspecified atom stereocenters. The Morgan fingerprint density at radius 1 is 1.16 bits per heavy atom. The molecule has 1 aromatic carbocycles. The van der Waals surface area contributed by atoms with E-state index in [4.69, 9.17) is 0 Å². The number of benzene rings is 1. The Morgan fingerprint density at radius 3 is 2.16 bits per heavy atom. The minimum absolute atomic E-state index is 0.0495. The fraction of sp³-hybridized carbons (Fsp3) is 0.632. The molecule has 1 amide bonds. The lowest BCUT2D eigenvalue weighted by Crippen LogP contribution is -2.43. The molecular weight excluding hydrogens is 336 g/mol. The van der Waals surface area contributed by atoms with Gasteiger partial charge in [-0.2, -0.15) is 4.31 Å². The van der Waals surface area contributed by atoms with E-state index in [1.807, 2.05) is 32.9 Å². The number of sulfonamides is 1. The van der Waals surface area contributed by atoms with Crippen LogP contribution in [0.3, 0.4) is 0 Å². The van der Waals surface area contributed by atoms with E-state index < -0.39 is 10.0 Å². The van der Waals surface area contributed by atoms with Crippen molar-refractivity contribution in [2.45, 2.75) is 52.4 Å². The monoisotopic (exact) mass is 366 g/mol. The summed E-state index contributed by atoms with van der Waals surface area (Å²) in [5.41, 5.74) is 2.64. The highest BCUT2D eigenvalue weighted by Gasteiger charge is 2.33. The van der Waals surface area contributed by atoms with Crippen molar-refractivity contribution in [3.63, 3.8) is 0 Å². The molecule has 140 valence electrons. The van der Waals surface area contributed by atoms with Crippen LogP contribution in [0.25, 0.3) is 0 Å². The van der Waals surface area contributed by atoms with Gasteiger partial charge in [0.25, 0.3) is 0 Å². The van der Waals surface area contributed by atoms with Crippen molar-refractivity contribution in [3.8, 4) is 0 Å². The summed E-state index contributed by atoms with van der Waals surface area (Å²) in [5, 5.41) is 2.95. The molecule has 5 nitrogen and oxygen atoms in total. The van der Waals surface area contributed by atoms with Crippen LogP contribution in [0, 0.1) is 32.6 Å². The Morgan fingerprint density at radius 2 is 1.68 bits per heavy atom. The molecule has 0 bridgehead atoms. The molecule has 0 saturated carbocycles. The third kappa shape index (κ3) is 4.61. The first-order valence-electron chi connectivity index (χ1n) is 8.98. The Hall–Kier alpha value is -1.40. The number of hydrogen-bond donors (Lipinski definition) is 1. The predicted octanol–water partition coefficient (Wildman–Crippen LogP) is 2.78. The molecule has 1 N–H and O–H groups in total. The summed E-state index contributed by atoms with van der Waals surface area (Å²) in [6.45, 7) is 11.2. The van der Waals surface area contributed by atoms with Gasteiger partial charge in [0, 0.05) is 25.6 Å². The molecule has 0 aliphatic carbocycles. The lowest BCUT2D eigenvalue weighted by Gasteiger charge is -2.31. The largest absolute Gasteiger partial charge is 0.356 e. The van der Waals surface area contributed by atoms with Crippen LogP contribution in [-0.2, 0) is 14.8 Å². The van der Waals surface area contributed by atoms with Gasteiger partial charge in [-0.15, -0.1) is 0 Å². The summed E-state index contributed by atoms with van der Waals surface area (Å²) in [5.74, 6) is 0.371. The van der Waals surface area contributed by atoms with Gasteiger partial charge in [0.2, 0.25) is 15.9 Å². The van der Waals surface area contributed by atoms with Crippen molar-refractivity contribution in [2.75, 3.05) is 19.6 Å². The van der Waals surface area contributed by atoms with Crippen molar-refractivity contribution in [1.29, 1.82) is 0 Å². The Labute approximate surface area is 151 Å². The van der Waals surface area contributed by atoms with Crippen molar-refractivity contribution >= 4 is 15.9 Å². The molecule has 1 heterocycles. The summed E-state index contributed by atoms with van der Waals surface area (Å²) in [7, 11) is -3.51. The molecule has 1 fully saturated rings. The maximum Gasteiger partial charge on any atom is 0.243 e. The molecule has 25 heavy (non-hydrogen) atoms. The van der Waals surface area contributed by atoms with Gasteiger partial charge in [0.05, 0.1) is 4.90 Å². The molecule has 1 aliphatic heterocycles.